The van der Waals surface area contributed by atoms with Crippen LogP contribution in [0, 0.1) is 0 Å². The average Bonchev–Trinajstić information content (AvgIpc) is 2.45. The van der Waals surface area contributed by atoms with Crippen LogP contribution in [0.1, 0.15) is 19.8 Å². The molecule has 1 unspecified atom stereocenters. The van der Waals surface area contributed by atoms with Crippen LogP contribution in [0.3, 0.4) is 0 Å². The van der Waals surface area contributed by atoms with Crippen molar-refractivity contribution in [1.29, 1.82) is 0 Å². The van der Waals surface area contributed by atoms with E-state index in [2.05, 4.69) is 24.3 Å². The fraction of sp³-hybridized carbons (Fsp3) is 0.462. The maximum atomic E-state index is 12.1. The van der Waals surface area contributed by atoms with Gasteiger partial charge in [-0.3, -0.25) is 4.79 Å². The molecule has 1 atom stereocenters. The number of hydrogen-bond donors (Lipinski definition) is 3. The van der Waals surface area contributed by atoms with Crippen molar-refractivity contribution in [1.82, 2.24) is 4.72 Å². The molecule has 21 heavy (non-hydrogen) atoms. The number of sulfonamides is 1. The molecule has 6 nitrogen and oxygen atoms in total. The van der Waals surface area contributed by atoms with Crippen LogP contribution < -0.4 is 15.2 Å². The molecule has 0 saturated carbocycles. The van der Waals surface area contributed by atoms with Crippen LogP contribution in [0.25, 0.3) is 0 Å². The molecule has 1 rings (SSSR count). The Balaban J connectivity index is 2.77. The van der Waals surface area contributed by atoms with E-state index >= 15 is 0 Å². The summed E-state index contributed by atoms with van der Waals surface area (Å²) in [4.78, 5) is 11.1. The first-order valence-corrected chi connectivity index (χ1v) is 8.67. The Morgan fingerprint density at radius 2 is 2.00 bits per heavy atom. The molecule has 3 N–H and O–H groups in total. The normalized spacial score (nSPS) is 12.9. The Labute approximate surface area is 130 Å². The number of carbonyl (C=O) groups excluding carboxylic acids is 1. The Morgan fingerprint density at radius 3 is 2.48 bits per heavy atom. The van der Waals surface area contributed by atoms with Gasteiger partial charge in [-0.05, 0) is 30.7 Å². The Morgan fingerprint density at radius 1 is 1.38 bits per heavy atom. The highest BCUT2D eigenvalue weighted by Gasteiger charge is 2.22. The lowest BCUT2D eigenvalue weighted by Gasteiger charge is -2.13. The topological polar surface area (TPSA) is 98.5 Å². The van der Waals surface area contributed by atoms with Crippen LogP contribution in [0.5, 0.6) is 5.75 Å². The minimum atomic E-state index is -3.81. The number of benzene rings is 1. The number of thiol groups is 1. The van der Waals surface area contributed by atoms with Crippen LogP contribution in [0.4, 0.5) is 0 Å². The van der Waals surface area contributed by atoms with Crippen LogP contribution in [0.15, 0.2) is 29.2 Å². The van der Waals surface area contributed by atoms with Gasteiger partial charge >= 0.3 is 0 Å². The van der Waals surface area contributed by atoms with E-state index in [0.717, 1.165) is 12.8 Å². The molecule has 0 bridgehead atoms. The molecule has 0 fully saturated rings. The monoisotopic (exact) mass is 332 g/mol. The zero-order valence-electron chi connectivity index (χ0n) is 11.8. The van der Waals surface area contributed by atoms with E-state index in [1.807, 2.05) is 0 Å². The standard InChI is InChI=1S/C13H20N2O4S2/c1-2-3-8-19-10-4-6-11(7-5-10)21(17,18)15-12(9-20)13(14)16/h4-7,12,15,20H,2-3,8-9H2,1H3,(H2,14,16). The molecule has 0 aliphatic carbocycles. The summed E-state index contributed by atoms with van der Waals surface area (Å²) in [5.41, 5.74) is 5.09. The van der Waals surface area contributed by atoms with Gasteiger partial charge in [-0.15, -0.1) is 0 Å². The van der Waals surface area contributed by atoms with Gasteiger partial charge in [-0.1, -0.05) is 13.3 Å². The molecule has 118 valence electrons. The largest absolute Gasteiger partial charge is 0.494 e. The van der Waals surface area contributed by atoms with E-state index in [1.165, 1.54) is 12.1 Å². The van der Waals surface area contributed by atoms with Crippen molar-refractivity contribution in [3.8, 4) is 5.75 Å². The van der Waals surface area contributed by atoms with Crippen molar-refractivity contribution >= 4 is 28.6 Å². The summed E-state index contributed by atoms with van der Waals surface area (Å²) < 4.78 is 31.8. The zero-order valence-corrected chi connectivity index (χ0v) is 13.5. The highest BCUT2D eigenvalue weighted by atomic mass is 32.2. The molecule has 0 aliphatic rings. The molecule has 1 aromatic rings. The molecule has 0 aliphatic heterocycles. The third-order valence-electron chi connectivity index (χ3n) is 2.72. The third-order valence-corrected chi connectivity index (χ3v) is 4.58. The van der Waals surface area contributed by atoms with E-state index in [1.54, 1.807) is 12.1 Å². The minimum absolute atomic E-state index is 0.00717. The highest BCUT2D eigenvalue weighted by Crippen LogP contribution is 2.16. The Bertz CT molecular complexity index is 558. The van der Waals surface area contributed by atoms with Crippen LogP contribution in [0.2, 0.25) is 0 Å². The second-order valence-electron chi connectivity index (χ2n) is 4.43. The van der Waals surface area contributed by atoms with Gasteiger partial charge in [0, 0.05) is 5.75 Å². The fourth-order valence-corrected chi connectivity index (χ4v) is 3.09. The molecule has 0 aromatic heterocycles. The van der Waals surface area contributed by atoms with Gasteiger partial charge < -0.3 is 10.5 Å². The number of nitrogens with one attached hydrogen (secondary N) is 1. The summed E-state index contributed by atoms with van der Waals surface area (Å²) in [6, 6.07) is 4.94. The molecule has 8 heteroatoms. The number of amides is 1. The predicted octanol–water partition coefficient (Wildman–Crippen LogP) is 0.927. The van der Waals surface area contributed by atoms with Crippen molar-refractivity contribution in [3.63, 3.8) is 0 Å². The van der Waals surface area contributed by atoms with Gasteiger partial charge in [0.25, 0.3) is 0 Å². The first-order chi connectivity index (χ1) is 9.90. The van der Waals surface area contributed by atoms with E-state index in [0.29, 0.717) is 12.4 Å². The highest BCUT2D eigenvalue weighted by molar-refractivity contribution is 7.89. The maximum Gasteiger partial charge on any atom is 0.241 e. The average molecular weight is 332 g/mol. The summed E-state index contributed by atoms with van der Waals surface area (Å²) >= 11 is 3.90. The van der Waals surface area contributed by atoms with Gasteiger partial charge in [0.2, 0.25) is 15.9 Å². The van der Waals surface area contributed by atoms with Gasteiger partial charge in [-0.2, -0.15) is 17.4 Å². The molecule has 0 radical (unpaired) electrons. The van der Waals surface area contributed by atoms with Gasteiger partial charge in [0.1, 0.15) is 11.8 Å². The second kappa shape index (κ2) is 8.26. The number of hydrogen-bond acceptors (Lipinski definition) is 5. The quantitative estimate of drug-likeness (QED) is 0.463. The van der Waals surface area contributed by atoms with Gasteiger partial charge in [0.15, 0.2) is 0 Å². The number of ether oxygens (including phenoxy) is 1. The van der Waals surface area contributed by atoms with E-state index < -0.39 is 22.0 Å². The minimum Gasteiger partial charge on any atom is -0.494 e. The maximum absolute atomic E-state index is 12.1. The van der Waals surface area contributed by atoms with E-state index in [4.69, 9.17) is 10.5 Å². The summed E-state index contributed by atoms with van der Waals surface area (Å²) in [6.07, 6.45) is 1.96. The van der Waals surface area contributed by atoms with E-state index in [-0.39, 0.29) is 10.6 Å². The molecule has 1 amide bonds. The second-order valence-corrected chi connectivity index (χ2v) is 6.51. The van der Waals surface area contributed by atoms with E-state index in [9.17, 15) is 13.2 Å². The summed E-state index contributed by atoms with van der Waals surface area (Å²) in [7, 11) is -3.81. The Hall–Kier alpha value is -1.25. The lowest BCUT2D eigenvalue weighted by Crippen LogP contribution is -2.45. The number of unbranched alkanes of at least 4 members (excludes halogenated alkanes) is 1. The zero-order chi connectivity index (χ0) is 15.9. The first kappa shape index (κ1) is 17.8. The van der Waals surface area contributed by atoms with Crippen LogP contribution in [-0.2, 0) is 14.8 Å². The van der Waals surface area contributed by atoms with Gasteiger partial charge in [-0.25, -0.2) is 8.42 Å². The summed E-state index contributed by atoms with van der Waals surface area (Å²) in [5, 5.41) is 0. The summed E-state index contributed by atoms with van der Waals surface area (Å²) in [6.45, 7) is 2.64. The number of rotatable bonds is 9. The lowest BCUT2D eigenvalue weighted by molar-refractivity contribution is -0.119. The van der Waals surface area contributed by atoms with Crippen molar-refractivity contribution in [3.05, 3.63) is 24.3 Å². The molecule has 0 spiro atoms. The fourth-order valence-electron chi connectivity index (χ4n) is 1.49. The number of nitrogens with two attached hydrogens (primary N) is 1. The summed E-state index contributed by atoms with van der Waals surface area (Å²) in [5.74, 6) is -0.177. The Kier molecular flexibility index (Phi) is 7.00. The number of primary amides is 1. The third kappa shape index (κ3) is 5.56. The molecular formula is C13H20N2O4S2. The smallest absolute Gasteiger partial charge is 0.241 e. The van der Waals surface area contributed by atoms with Crippen LogP contribution >= 0.6 is 12.6 Å². The van der Waals surface area contributed by atoms with Crippen molar-refractivity contribution in [2.75, 3.05) is 12.4 Å². The van der Waals surface area contributed by atoms with Crippen LogP contribution in [-0.4, -0.2) is 32.7 Å². The SMILES string of the molecule is CCCCOc1ccc(S(=O)(=O)NC(CS)C(N)=O)cc1. The van der Waals surface area contributed by atoms with Crippen molar-refractivity contribution < 1.29 is 17.9 Å². The molecular weight excluding hydrogens is 312 g/mol. The molecule has 1 aromatic carbocycles. The lowest BCUT2D eigenvalue weighted by atomic mass is 10.3. The van der Waals surface area contributed by atoms with Gasteiger partial charge in [0.05, 0.1) is 11.5 Å². The van der Waals surface area contributed by atoms with Crippen molar-refractivity contribution in [2.24, 2.45) is 5.73 Å². The molecule has 0 heterocycles. The first-order valence-electron chi connectivity index (χ1n) is 6.56. The predicted molar refractivity (Wildman–Crippen MR) is 84.0 cm³/mol. The molecule has 0 saturated heterocycles. The van der Waals surface area contributed by atoms with Crippen molar-refractivity contribution in [2.45, 2.75) is 30.7 Å². The number of carbonyl (C=O) groups is 1.